The molecule has 2 heterocycles. The van der Waals surface area contributed by atoms with Crippen molar-refractivity contribution in [3.63, 3.8) is 0 Å². The van der Waals surface area contributed by atoms with Crippen LogP contribution in [0.3, 0.4) is 0 Å². The van der Waals surface area contributed by atoms with Gasteiger partial charge < -0.3 is 10.1 Å². The molecule has 9 heteroatoms. The highest BCUT2D eigenvalue weighted by atomic mass is 16.5. The van der Waals surface area contributed by atoms with Crippen LogP contribution in [0.25, 0.3) is 22.2 Å². The van der Waals surface area contributed by atoms with E-state index in [4.69, 9.17) is 9.72 Å². The van der Waals surface area contributed by atoms with Gasteiger partial charge in [-0.15, -0.1) is 0 Å². The molecule has 1 saturated heterocycles. The number of pyridine rings is 1. The van der Waals surface area contributed by atoms with Gasteiger partial charge in [0, 0.05) is 30.6 Å². The zero-order valence-corrected chi connectivity index (χ0v) is 20.9. The number of piperazine rings is 1. The number of nitrogens with zero attached hydrogens (tertiary/aromatic N) is 3. The predicted molar refractivity (Wildman–Crippen MR) is 144 cm³/mol. The third-order valence-corrected chi connectivity index (χ3v) is 6.29. The van der Waals surface area contributed by atoms with Crippen LogP contribution in [0.1, 0.15) is 15.9 Å². The zero-order chi connectivity index (χ0) is 26.5. The Hall–Kier alpha value is -4.76. The highest BCUT2D eigenvalue weighted by molar-refractivity contribution is 6.09. The number of carbonyl (C=O) groups excluding carboxylic acids is 3. The molecule has 3 aromatic carbocycles. The maximum absolute atomic E-state index is 13.6. The molecule has 1 fully saturated rings. The number of hydrogen-bond donors (Lipinski definition) is 2. The first-order valence-electron chi connectivity index (χ1n) is 12.2. The first kappa shape index (κ1) is 24.9. The molecule has 38 heavy (non-hydrogen) atoms. The lowest BCUT2D eigenvalue weighted by atomic mass is 10.0. The molecule has 9 nitrogen and oxygen atoms in total. The van der Waals surface area contributed by atoms with Crippen molar-refractivity contribution in [2.24, 2.45) is 0 Å². The third-order valence-electron chi connectivity index (χ3n) is 6.29. The van der Waals surface area contributed by atoms with Gasteiger partial charge in [-0.3, -0.25) is 19.9 Å². The van der Waals surface area contributed by atoms with Crippen LogP contribution in [0.15, 0.2) is 84.9 Å². The monoisotopic (exact) mass is 509 g/mol. The second kappa shape index (κ2) is 11.1. The normalized spacial score (nSPS) is 13.6. The number of benzene rings is 3. The largest absolute Gasteiger partial charge is 0.451 e. The summed E-state index contributed by atoms with van der Waals surface area (Å²) in [6.07, 6.45) is -0.720. The van der Waals surface area contributed by atoms with Crippen molar-refractivity contribution < 1.29 is 19.1 Å². The molecule has 0 aliphatic carbocycles. The Morgan fingerprint density at radius 3 is 2.61 bits per heavy atom. The number of methoxy groups -OCH3 is 1. The molecule has 1 aliphatic heterocycles. The minimum absolute atomic E-state index is 0.0238. The number of carbonyl (C=O) groups is 3. The molecule has 1 aliphatic rings. The van der Waals surface area contributed by atoms with Crippen LogP contribution < -0.4 is 15.8 Å². The number of aromatic nitrogens is 1. The van der Waals surface area contributed by atoms with Crippen molar-refractivity contribution in [2.45, 2.75) is 6.54 Å². The second-order valence-electron chi connectivity index (χ2n) is 8.92. The summed E-state index contributed by atoms with van der Waals surface area (Å²) in [7, 11) is 1.26. The summed E-state index contributed by atoms with van der Waals surface area (Å²) in [6.45, 7) is 2.41. The highest BCUT2D eigenvalue weighted by Crippen LogP contribution is 2.26. The van der Waals surface area contributed by atoms with Gasteiger partial charge in [-0.1, -0.05) is 54.6 Å². The average Bonchev–Trinajstić information content (AvgIpc) is 2.95. The van der Waals surface area contributed by atoms with Gasteiger partial charge in [0.2, 0.25) is 5.91 Å². The Kier molecular flexibility index (Phi) is 7.28. The second-order valence-corrected chi connectivity index (χ2v) is 8.92. The number of nitrogens with one attached hydrogen (secondary N) is 2. The molecule has 0 saturated carbocycles. The topological polar surface area (TPSA) is 104 Å². The van der Waals surface area contributed by atoms with Crippen molar-refractivity contribution in [2.75, 3.05) is 31.8 Å². The molecule has 0 atom stereocenters. The smallest absolute Gasteiger partial charge is 0.433 e. The fourth-order valence-electron chi connectivity index (χ4n) is 4.47. The summed E-state index contributed by atoms with van der Waals surface area (Å²) >= 11 is 0. The Labute approximate surface area is 220 Å². The minimum atomic E-state index is -0.720. The molecule has 3 amide bonds. The summed E-state index contributed by atoms with van der Waals surface area (Å²) in [5.41, 5.74) is 6.68. The number of hydrogen-bond acceptors (Lipinski definition) is 6. The van der Waals surface area contributed by atoms with Gasteiger partial charge in [0.25, 0.3) is 5.91 Å². The van der Waals surface area contributed by atoms with E-state index in [9.17, 15) is 14.4 Å². The first-order chi connectivity index (χ1) is 18.5. The van der Waals surface area contributed by atoms with E-state index in [2.05, 4.69) is 15.6 Å². The van der Waals surface area contributed by atoms with Crippen LogP contribution in [0.5, 0.6) is 0 Å². The summed E-state index contributed by atoms with van der Waals surface area (Å²) in [5, 5.41) is 4.57. The quantitative estimate of drug-likeness (QED) is 0.397. The minimum Gasteiger partial charge on any atom is -0.451 e. The number of hydrazine groups is 1. The van der Waals surface area contributed by atoms with Crippen molar-refractivity contribution in [1.82, 2.24) is 20.6 Å². The Bertz CT molecular complexity index is 1490. The predicted octanol–water partition coefficient (Wildman–Crippen LogP) is 3.75. The van der Waals surface area contributed by atoms with Crippen molar-refractivity contribution in [3.05, 3.63) is 96.1 Å². The van der Waals surface area contributed by atoms with E-state index in [1.165, 1.54) is 7.11 Å². The number of rotatable bonds is 5. The maximum atomic E-state index is 13.6. The van der Waals surface area contributed by atoms with E-state index in [-0.39, 0.29) is 5.91 Å². The van der Waals surface area contributed by atoms with Crippen molar-refractivity contribution >= 4 is 34.5 Å². The fourth-order valence-corrected chi connectivity index (χ4v) is 4.47. The number of amides is 3. The zero-order valence-electron chi connectivity index (χ0n) is 20.9. The Morgan fingerprint density at radius 1 is 1.03 bits per heavy atom. The molecule has 0 unspecified atom stereocenters. The van der Waals surface area contributed by atoms with Crippen molar-refractivity contribution in [3.8, 4) is 11.3 Å². The van der Waals surface area contributed by atoms with Crippen LogP contribution >= 0.6 is 0 Å². The van der Waals surface area contributed by atoms with Gasteiger partial charge in [-0.25, -0.2) is 9.78 Å². The Morgan fingerprint density at radius 2 is 1.82 bits per heavy atom. The van der Waals surface area contributed by atoms with E-state index in [0.29, 0.717) is 47.5 Å². The average molecular weight is 510 g/mol. The lowest BCUT2D eigenvalue weighted by Crippen LogP contribution is -2.47. The summed E-state index contributed by atoms with van der Waals surface area (Å²) in [4.78, 5) is 44.8. The van der Waals surface area contributed by atoms with Crippen LogP contribution in [-0.4, -0.2) is 54.5 Å². The van der Waals surface area contributed by atoms with Crippen LogP contribution in [0.2, 0.25) is 0 Å². The van der Waals surface area contributed by atoms with E-state index in [1.807, 2.05) is 54.6 Å². The fraction of sp³-hybridized carbons (Fsp3) is 0.172. The standard InChI is InChI=1S/C29H27N5O4/c1-38-29(37)34(22-10-3-2-4-11-22)32-28(36)24-17-26(31-25-13-6-5-12-23(24)25)21-9-7-8-20(16-21)18-33-15-14-30-27(35)19-33/h2-13,16-17H,14-15,18-19H2,1H3,(H,30,35)(H,32,36). The van der Waals surface area contributed by atoms with Crippen molar-refractivity contribution in [1.29, 1.82) is 0 Å². The van der Waals surface area contributed by atoms with E-state index < -0.39 is 12.0 Å². The molecule has 0 radical (unpaired) electrons. The maximum Gasteiger partial charge on any atom is 0.433 e. The molecule has 1 aromatic heterocycles. The molecular weight excluding hydrogens is 482 g/mol. The SMILES string of the molecule is COC(=O)N(NC(=O)c1cc(-c2cccc(CN3CCNC(=O)C3)c2)nc2ccccc12)c1ccccc1. The van der Waals surface area contributed by atoms with E-state index in [1.54, 1.807) is 30.3 Å². The summed E-state index contributed by atoms with van der Waals surface area (Å²) in [5.74, 6) is -0.453. The molecule has 192 valence electrons. The van der Waals surface area contributed by atoms with Gasteiger partial charge in [-0.2, -0.15) is 5.01 Å². The molecule has 0 bridgehead atoms. The van der Waals surface area contributed by atoms with Crippen LogP contribution in [0.4, 0.5) is 10.5 Å². The number of para-hydroxylation sites is 2. The molecule has 4 aromatic rings. The van der Waals surface area contributed by atoms with Gasteiger partial charge in [-0.05, 0) is 35.9 Å². The molecule has 0 spiro atoms. The first-order valence-corrected chi connectivity index (χ1v) is 12.2. The summed E-state index contributed by atoms with van der Waals surface area (Å²) < 4.78 is 4.90. The van der Waals surface area contributed by atoms with E-state index in [0.717, 1.165) is 22.7 Å². The number of ether oxygens (including phenoxy) is 1. The van der Waals surface area contributed by atoms with Gasteiger partial charge in [0.15, 0.2) is 0 Å². The van der Waals surface area contributed by atoms with Gasteiger partial charge in [0.1, 0.15) is 0 Å². The molecule has 2 N–H and O–H groups in total. The molecular formula is C29H27N5O4. The van der Waals surface area contributed by atoms with Crippen LogP contribution in [-0.2, 0) is 16.1 Å². The number of anilines is 1. The van der Waals surface area contributed by atoms with Gasteiger partial charge in [0.05, 0.1) is 36.1 Å². The summed E-state index contributed by atoms with van der Waals surface area (Å²) in [6, 6.07) is 25.8. The van der Waals surface area contributed by atoms with Crippen LogP contribution in [0, 0.1) is 0 Å². The number of fused-ring (bicyclic) bond motifs is 1. The lowest BCUT2D eigenvalue weighted by molar-refractivity contribution is -0.124. The highest BCUT2D eigenvalue weighted by Gasteiger charge is 2.22. The van der Waals surface area contributed by atoms with Gasteiger partial charge >= 0.3 is 6.09 Å². The van der Waals surface area contributed by atoms with E-state index >= 15 is 0 Å². The third kappa shape index (κ3) is 5.47. The Balaban J connectivity index is 1.48. The molecule has 5 rings (SSSR count). The lowest BCUT2D eigenvalue weighted by Gasteiger charge is -2.26.